The summed E-state index contributed by atoms with van der Waals surface area (Å²) in [6.45, 7) is 3.31. The highest BCUT2D eigenvalue weighted by atomic mass is 19.4. The molecule has 218 valence electrons. The van der Waals surface area contributed by atoms with E-state index in [4.69, 9.17) is 4.74 Å². The number of aromatic nitrogens is 5. The topological polar surface area (TPSA) is 101 Å². The molecule has 1 unspecified atom stereocenters. The van der Waals surface area contributed by atoms with Gasteiger partial charge in [-0.2, -0.15) is 27.1 Å². The van der Waals surface area contributed by atoms with Gasteiger partial charge in [0.05, 0.1) is 11.4 Å². The van der Waals surface area contributed by atoms with E-state index in [0.29, 0.717) is 46.2 Å². The van der Waals surface area contributed by atoms with E-state index in [-0.39, 0.29) is 29.8 Å². The van der Waals surface area contributed by atoms with E-state index >= 15 is 0 Å². The van der Waals surface area contributed by atoms with Crippen molar-refractivity contribution in [1.82, 2.24) is 29.6 Å². The Balaban J connectivity index is 1.43. The van der Waals surface area contributed by atoms with Gasteiger partial charge < -0.3 is 19.9 Å². The van der Waals surface area contributed by atoms with Crippen LogP contribution in [-0.2, 0) is 10.9 Å². The minimum atomic E-state index is -4.72. The predicted molar refractivity (Wildman–Crippen MR) is 141 cm³/mol. The molecule has 1 aromatic carbocycles. The second-order valence-electron chi connectivity index (χ2n) is 10.8. The van der Waals surface area contributed by atoms with Crippen LogP contribution in [0.4, 0.5) is 32.7 Å². The largest absolute Gasteiger partial charge is 0.444 e. The Kier molecular flexibility index (Phi) is 7.34. The van der Waals surface area contributed by atoms with Crippen molar-refractivity contribution in [2.24, 2.45) is 0 Å². The standard InChI is InChI=1S/C27H28F5N7O2/c1-26(2,3)41-25(40)38-9-4-5-16(14-38)35-24-34-13-19(27(30,31)32)22(36-24)18-12-33-21-11-15(6-7-17(18)21)20-8-10-39(37-20)23(28)29/h6-8,10-13,16,23,33H,4-5,9,14H2,1-3H3,(H,34,35,36). The van der Waals surface area contributed by atoms with Crippen LogP contribution in [0.15, 0.2) is 42.9 Å². The lowest BCUT2D eigenvalue weighted by atomic mass is 10.0. The molecule has 1 aliphatic heterocycles. The van der Waals surface area contributed by atoms with Crippen LogP contribution in [0.2, 0.25) is 0 Å². The number of halogens is 5. The van der Waals surface area contributed by atoms with Crippen LogP contribution >= 0.6 is 0 Å². The van der Waals surface area contributed by atoms with Gasteiger partial charge in [0.1, 0.15) is 11.2 Å². The highest BCUT2D eigenvalue weighted by Crippen LogP contribution is 2.39. The van der Waals surface area contributed by atoms with Crippen molar-refractivity contribution in [2.45, 2.75) is 58.0 Å². The Labute approximate surface area is 231 Å². The average molecular weight is 578 g/mol. The summed E-state index contributed by atoms with van der Waals surface area (Å²) in [5.41, 5.74) is -0.513. The van der Waals surface area contributed by atoms with Crippen molar-refractivity contribution in [2.75, 3.05) is 18.4 Å². The molecule has 1 fully saturated rings. The van der Waals surface area contributed by atoms with E-state index in [1.807, 2.05) is 0 Å². The first-order chi connectivity index (χ1) is 19.3. The average Bonchev–Trinajstić information content (AvgIpc) is 3.55. The molecule has 0 aliphatic carbocycles. The van der Waals surface area contributed by atoms with Gasteiger partial charge in [0.15, 0.2) is 0 Å². The third-order valence-corrected chi connectivity index (χ3v) is 6.54. The molecule has 1 amide bonds. The number of ether oxygens (including phenoxy) is 1. The number of alkyl halides is 5. The molecule has 0 spiro atoms. The van der Waals surface area contributed by atoms with Gasteiger partial charge in [-0.05, 0) is 45.7 Å². The maximum Gasteiger partial charge on any atom is 0.419 e. The number of nitrogens with one attached hydrogen (secondary N) is 2. The molecule has 1 saturated heterocycles. The number of hydrogen-bond acceptors (Lipinski definition) is 6. The first kappa shape index (κ1) is 28.3. The predicted octanol–water partition coefficient (Wildman–Crippen LogP) is 6.71. The summed E-state index contributed by atoms with van der Waals surface area (Å²) in [4.78, 5) is 25.2. The van der Waals surface area contributed by atoms with Crippen molar-refractivity contribution in [3.63, 3.8) is 0 Å². The number of aromatic amines is 1. The van der Waals surface area contributed by atoms with Crippen molar-refractivity contribution in [1.29, 1.82) is 0 Å². The van der Waals surface area contributed by atoms with Gasteiger partial charge in [-0.25, -0.2) is 19.4 Å². The molecule has 41 heavy (non-hydrogen) atoms. The molecule has 4 heterocycles. The molecule has 4 aromatic rings. The van der Waals surface area contributed by atoms with Crippen molar-refractivity contribution < 1.29 is 31.5 Å². The molecule has 5 rings (SSSR count). The summed E-state index contributed by atoms with van der Waals surface area (Å²) in [7, 11) is 0. The summed E-state index contributed by atoms with van der Waals surface area (Å²) in [6, 6.07) is 5.94. The molecule has 1 atom stereocenters. The Morgan fingerprint density at radius 3 is 2.66 bits per heavy atom. The second-order valence-corrected chi connectivity index (χ2v) is 10.8. The highest BCUT2D eigenvalue weighted by molar-refractivity contribution is 5.97. The minimum Gasteiger partial charge on any atom is -0.444 e. The SMILES string of the molecule is CC(C)(C)OC(=O)N1CCCC(Nc2ncc(C(F)(F)F)c(-c3c[nH]c4cc(-c5ccn(C(F)F)n5)ccc34)n2)C1. The second kappa shape index (κ2) is 10.6. The molecule has 0 radical (unpaired) electrons. The fraction of sp³-hybridized carbons (Fsp3) is 0.407. The number of likely N-dealkylation sites (tertiary alicyclic amines) is 1. The first-order valence-corrected chi connectivity index (χ1v) is 12.9. The van der Waals surface area contributed by atoms with Gasteiger partial charge in [-0.15, -0.1) is 0 Å². The number of fused-ring (bicyclic) bond motifs is 1. The number of rotatable bonds is 5. The van der Waals surface area contributed by atoms with E-state index in [1.165, 1.54) is 12.3 Å². The summed E-state index contributed by atoms with van der Waals surface area (Å²) in [5, 5.41) is 7.37. The number of carbonyl (C=O) groups excluding carboxylic acids is 1. The van der Waals surface area contributed by atoms with Crippen LogP contribution in [0.5, 0.6) is 0 Å². The maximum atomic E-state index is 14.0. The molecule has 14 heteroatoms. The third kappa shape index (κ3) is 6.25. The zero-order valence-electron chi connectivity index (χ0n) is 22.5. The number of nitrogens with zero attached hydrogens (tertiary/aromatic N) is 5. The number of carbonyl (C=O) groups is 1. The fourth-order valence-corrected chi connectivity index (χ4v) is 4.72. The lowest BCUT2D eigenvalue weighted by Crippen LogP contribution is -2.47. The number of piperidine rings is 1. The Morgan fingerprint density at radius 2 is 1.98 bits per heavy atom. The van der Waals surface area contributed by atoms with E-state index < -0.39 is 30.0 Å². The van der Waals surface area contributed by atoms with Gasteiger partial charge in [0, 0.05) is 59.8 Å². The molecule has 1 aliphatic rings. The molecule has 0 bridgehead atoms. The van der Waals surface area contributed by atoms with E-state index in [9.17, 15) is 26.7 Å². The number of hydrogen-bond donors (Lipinski definition) is 2. The van der Waals surface area contributed by atoms with Crippen LogP contribution in [-0.4, -0.2) is 60.5 Å². The lowest BCUT2D eigenvalue weighted by Gasteiger charge is -2.34. The Bertz CT molecular complexity index is 1560. The molecular formula is C27H28F5N7O2. The summed E-state index contributed by atoms with van der Waals surface area (Å²) >= 11 is 0. The van der Waals surface area contributed by atoms with Gasteiger partial charge in [-0.3, -0.25) is 0 Å². The van der Waals surface area contributed by atoms with Crippen LogP contribution in [0.1, 0.15) is 45.7 Å². The van der Waals surface area contributed by atoms with E-state index in [0.717, 1.165) is 12.4 Å². The molecular weight excluding hydrogens is 549 g/mol. The van der Waals surface area contributed by atoms with Gasteiger partial charge in [0.2, 0.25) is 5.95 Å². The van der Waals surface area contributed by atoms with Crippen LogP contribution < -0.4 is 5.32 Å². The lowest BCUT2D eigenvalue weighted by molar-refractivity contribution is -0.137. The Hall–Kier alpha value is -4.23. The molecule has 9 nitrogen and oxygen atoms in total. The molecule has 3 aromatic heterocycles. The van der Waals surface area contributed by atoms with Crippen LogP contribution in [0.25, 0.3) is 33.4 Å². The highest BCUT2D eigenvalue weighted by Gasteiger charge is 2.36. The van der Waals surface area contributed by atoms with Crippen molar-refractivity contribution in [3.8, 4) is 22.5 Å². The normalized spacial score (nSPS) is 16.4. The monoisotopic (exact) mass is 577 g/mol. The molecule has 0 saturated carbocycles. The summed E-state index contributed by atoms with van der Waals surface area (Å²) in [6.07, 6.45) is -0.549. The van der Waals surface area contributed by atoms with Crippen molar-refractivity contribution >= 4 is 22.9 Å². The van der Waals surface area contributed by atoms with E-state index in [2.05, 4.69) is 25.4 Å². The summed E-state index contributed by atoms with van der Waals surface area (Å²) < 4.78 is 73.9. The van der Waals surface area contributed by atoms with Crippen LogP contribution in [0, 0.1) is 0 Å². The summed E-state index contributed by atoms with van der Waals surface area (Å²) in [5.74, 6) is -0.00690. The fourth-order valence-electron chi connectivity index (χ4n) is 4.72. The van der Waals surface area contributed by atoms with Crippen LogP contribution in [0.3, 0.4) is 0 Å². The first-order valence-electron chi connectivity index (χ1n) is 12.9. The van der Waals surface area contributed by atoms with Gasteiger partial charge >= 0.3 is 18.8 Å². The van der Waals surface area contributed by atoms with Crippen molar-refractivity contribution in [3.05, 3.63) is 48.4 Å². The Morgan fingerprint density at radius 1 is 1.20 bits per heavy atom. The van der Waals surface area contributed by atoms with Gasteiger partial charge in [-0.1, -0.05) is 12.1 Å². The third-order valence-electron chi connectivity index (χ3n) is 6.54. The molecule has 2 N–H and O–H groups in total. The number of benzene rings is 1. The smallest absolute Gasteiger partial charge is 0.419 e. The number of amides is 1. The maximum absolute atomic E-state index is 14.0. The number of anilines is 1. The quantitative estimate of drug-likeness (QED) is 0.256. The number of H-pyrrole nitrogens is 1. The zero-order valence-corrected chi connectivity index (χ0v) is 22.5. The minimum absolute atomic E-state index is 0.00690. The van der Waals surface area contributed by atoms with E-state index in [1.54, 1.807) is 43.9 Å². The zero-order chi connectivity index (χ0) is 29.5. The van der Waals surface area contributed by atoms with Gasteiger partial charge in [0.25, 0.3) is 0 Å².